The number of hydrogen-bond acceptors (Lipinski definition) is 16. The average Bonchev–Trinajstić information content (AvgIpc) is 3.58. The molecule has 1 aromatic carbocycles. The molecule has 0 unspecified atom stereocenters. The molecule has 0 saturated carbocycles. The lowest BCUT2D eigenvalue weighted by Crippen LogP contribution is -2.52. The number of phosphoric acid groups is 1. The number of fused-ring (bicyclic) bond motifs is 5. The Morgan fingerprint density at radius 3 is 2.26 bits per heavy atom. The first-order chi connectivity index (χ1) is 33.4. The molecular weight excluding hydrogens is 968 g/mol. The van der Waals surface area contributed by atoms with Gasteiger partial charge in [-0.2, -0.15) is 0 Å². The van der Waals surface area contributed by atoms with Crippen molar-refractivity contribution < 1.29 is 69.9 Å². The van der Waals surface area contributed by atoms with Crippen molar-refractivity contribution in [2.75, 3.05) is 31.8 Å². The Morgan fingerprint density at radius 2 is 1.65 bits per heavy atom. The van der Waals surface area contributed by atoms with Crippen molar-refractivity contribution in [3.05, 3.63) is 87.0 Å². The zero-order chi connectivity index (χ0) is 53.3. The van der Waals surface area contributed by atoms with E-state index in [-0.39, 0.29) is 35.2 Å². The molecule has 3 aromatic rings. The van der Waals surface area contributed by atoms with E-state index in [4.69, 9.17) is 32.6 Å². The number of amides is 4. The predicted molar refractivity (Wildman–Crippen MR) is 255 cm³/mol. The van der Waals surface area contributed by atoms with Gasteiger partial charge in [-0.1, -0.05) is 17.3 Å². The third kappa shape index (κ3) is 13.2. The van der Waals surface area contributed by atoms with Crippen LogP contribution in [0.2, 0.25) is 0 Å². The predicted octanol–water partition coefficient (Wildman–Crippen LogP) is 7.79. The molecule has 3 aliphatic rings. The molecule has 3 aliphatic heterocycles. The maximum absolute atomic E-state index is 14.7. The Morgan fingerprint density at radius 1 is 0.972 bits per heavy atom. The van der Waals surface area contributed by atoms with Crippen LogP contribution in [0.3, 0.4) is 0 Å². The molecule has 2 aromatic heterocycles. The SMILES string of the molecule is CC1=NO[C@@]2(CC[C@H](C)N3C[C@H]2n2cc(C(=O)NCc4ccc(F)cc4F)c(=O)c(OC(=O)N(C)c4ncccc4CN(CC(=O)OC(C)(C)C)C(=O)OCOP(=O)(OC(C)(C)C)OC(C)(C)C)c2C3=O)C1. The normalized spacial score (nSPS) is 18.9. The van der Waals surface area contributed by atoms with Gasteiger partial charge in [-0.3, -0.25) is 38.0 Å². The van der Waals surface area contributed by atoms with Crippen molar-refractivity contribution in [2.24, 2.45) is 5.16 Å². The van der Waals surface area contributed by atoms with E-state index in [0.29, 0.717) is 31.0 Å². The van der Waals surface area contributed by atoms with Gasteiger partial charge in [-0.15, -0.1) is 0 Å². The standard InChI is InChI=1S/C48H62F2N7O14P/c1-28-21-48(69-53-28)18-17-29(2)56-25-35(48)57-24-33(41(60)52-22-30-15-16-32(49)20-34(30)50)38(59)39(37(57)42(56)61)67-43(62)54(12)40-31(14-13-19-51-40)23-55(26-36(58)68-45(3,4)5)44(63)65-27-66-72(64,70-46(6,7)8)71-47(9,10)11/h13-16,19-20,24,29,35H,17-18,21-23,25-27H2,1-12H3,(H,52,60)/t29-,35+,48-/m0/s1. The van der Waals surface area contributed by atoms with E-state index in [0.717, 1.165) is 21.9 Å². The number of oxime groups is 1. The van der Waals surface area contributed by atoms with Gasteiger partial charge in [0.25, 0.3) is 11.8 Å². The second-order valence-electron chi connectivity index (χ2n) is 20.8. The lowest BCUT2D eigenvalue weighted by Gasteiger charge is -2.42. The molecule has 1 spiro atoms. The van der Waals surface area contributed by atoms with Gasteiger partial charge < -0.3 is 33.8 Å². The van der Waals surface area contributed by atoms with Crippen LogP contribution >= 0.6 is 7.82 Å². The minimum atomic E-state index is -4.36. The molecular formula is C48H62F2N7O14P. The highest BCUT2D eigenvalue weighted by Crippen LogP contribution is 2.55. The van der Waals surface area contributed by atoms with E-state index in [1.807, 2.05) is 6.92 Å². The molecule has 4 amide bonds. The zero-order valence-electron chi connectivity index (χ0n) is 42.5. The summed E-state index contributed by atoms with van der Waals surface area (Å²) in [6.07, 6.45) is 1.29. The summed E-state index contributed by atoms with van der Waals surface area (Å²) < 4.78 is 76.7. The third-order valence-electron chi connectivity index (χ3n) is 11.3. The van der Waals surface area contributed by atoms with Crippen molar-refractivity contribution >= 4 is 49.3 Å². The minimum absolute atomic E-state index is 0.0775. The molecule has 0 radical (unpaired) electrons. The molecule has 392 valence electrons. The van der Waals surface area contributed by atoms with Gasteiger partial charge in [0.05, 0.1) is 29.5 Å². The van der Waals surface area contributed by atoms with Crippen molar-refractivity contribution in [3.63, 3.8) is 0 Å². The van der Waals surface area contributed by atoms with Crippen LogP contribution in [0.5, 0.6) is 5.75 Å². The van der Waals surface area contributed by atoms with E-state index >= 15 is 0 Å². The van der Waals surface area contributed by atoms with E-state index in [2.05, 4.69) is 15.5 Å². The number of phosphoric ester groups is 1. The monoisotopic (exact) mass is 1030 g/mol. The van der Waals surface area contributed by atoms with Crippen LogP contribution in [-0.4, -0.2) is 110 Å². The van der Waals surface area contributed by atoms with Gasteiger partial charge >= 0.3 is 26.0 Å². The molecule has 24 heteroatoms. The minimum Gasteiger partial charge on any atom is -0.459 e. The molecule has 72 heavy (non-hydrogen) atoms. The molecule has 21 nitrogen and oxygen atoms in total. The molecule has 1 N–H and O–H groups in total. The highest BCUT2D eigenvalue weighted by molar-refractivity contribution is 7.48. The summed E-state index contributed by atoms with van der Waals surface area (Å²) in [5, 5.41) is 6.70. The number of halogens is 2. The van der Waals surface area contributed by atoms with Gasteiger partial charge in [0.15, 0.2) is 11.3 Å². The van der Waals surface area contributed by atoms with Gasteiger partial charge in [0, 0.05) is 62.2 Å². The topological polar surface area (TPSA) is 236 Å². The molecule has 6 rings (SSSR count). The maximum Gasteiger partial charge on any atom is 0.478 e. The molecule has 1 fully saturated rings. The number of anilines is 1. The fraction of sp³-hybridized carbons (Fsp3) is 0.542. The molecule has 3 atom stereocenters. The Kier molecular flexibility index (Phi) is 16.1. The summed E-state index contributed by atoms with van der Waals surface area (Å²) in [6.45, 7) is 15.7. The molecule has 0 aliphatic carbocycles. The fourth-order valence-electron chi connectivity index (χ4n) is 8.30. The number of benzene rings is 1. The first-order valence-electron chi connectivity index (χ1n) is 23.1. The van der Waals surface area contributed by atoms with Gasteiger partial charge in [0.2, 0.25) is 18.0 Å². The van der Waals surface area contributed by atoms with E-state index in [1.165, 1.54) is 41.0 Å². The second kappa shape index (κ2) is 21.0. The van der Waals surface area contributed by atoms with Crippen LogP contribution in [0, 0.1) is 11.6 Å². The van der Waals surface area contributed by atoms with Gasteiger partial charge in [-0.25, -0.2) is 32.4 Å². The average molecular weight is 1030 g/mol. The highest BCUT2D eigenvalue weighted by Gasteiger charge is 2.54. The first-order valence-corrected chi connectivity index (χ1v) is 24.6. The number of ether oxygens (including phenoxy) is 3. The number of nitrogens with zero attached hydrogens (tertiary/aromatic N) is 6. The number of esters is 1. The van der Waals surface area contributed by atoms with Crippen LogP contribution < -0.4 is 20.4 Å². The Hall–Kier alpha value is -6.29. The van der Waals surface area contributed by atoms with Crippen molar-refractivity contribution in [2.45, 2.75) is 143 Å². The number of carbonyl (C=O) groups is 5. The second-order valence-corrected chi connectivity index (χ2v) is 22.3. The number of nitrogens with one attached hydrogen (secondary N) is 1. The number of pyridine rings is 2. The summed E-state index contributed by atoms with van der Waals surface area (Å²) in [5.74, 6) is -5.33. The van der Waals surface area contributed by atoms with Crippen LogP contribution in [-0.2, 0) is 50.3 Å². The summed E-state index contributed by atoms with van der Waals surface area (Å²) in [4.78, 5) is 98.4. The smallest absolute Gasteiger partial charge is 0.459 e. The summed E-state index contributed by atoms with van der Waals surface area (Å²) in [5.41, 5.74) is -5.45. The van der Waals surface area contributed by atoms with Crippen LogP contribution in [0.15, 0.2) is 52.7 Å². The quantitative estimate of drug-likeness (QED) is 0.0921. The first kappa shape index (κ1) is 55.0. The third-order valence-corrected chi connectivity index (χ3v) is 13.3. The van der Waals surface area contributed by atoms with Gasteiger partial charge in [0.1, 0.15) is 35.2 Å². The number of aromatic nitrogens is 2. The van der Waals surface area contributed by atoms with Gasteiger partial charge in [-0.05, 0) is 101 Å². The Balaban J connectivity index is 1.34. The number of rotatable bonds is 14. The lowest BCUT2D eigenvalue weighted by atomic mass is 9.84. The summed E-state index contributed by atoms with van der Waals surface area (Å²) in [7, 11) is -3.13. The fourth-order valence-corrected chi connectivity index (χ4v) is 9.96. The Bertz CT molecular complexity index is 2730. The zero-order valence-corrected chi connectivity index (χ0v) is 43.3. The summed E-state index contributed by atoms with van der Waals surface area (Å²) >= 11 is 0. The molecule has 2 bridgehead atoms. The Labute approximate surface area is 415 Å². The van der Waals surface area contributed by atoms with E-state index in [1.54, 1.807) is 69.2 Å². The van der Waals surface area contributed by atoms with Crippen LogP contribution in [0.1, 0.15) is 133 Å². The number of hydrogen-bond donors (Lipinski definition) is 1. The highest BCUT2D eigenvalue weighted by atomic mass is 31.2. The largest absolute Gasteiger partial charge is 0.478 e. The van der Waals surface area contributed by atoms with Crippen LogP contribution in [0.4, 0.5) is 24.2 Å². The van der Waals surface area contributed by atoms with E-state index < -0.39 is 121 Å². The molecule has 1 saturated heterocycles. The maximum atomic E-state index is 14.7. The van der Waals surface area contributed by atoms with Crippen LogP contribution in [0.25, 0.3) is 0 Å². The van der Waals surface area contributed by atoms with Crippen molar-refractivity contribution in [3.8, 4) is 5.75 Å². The number of carbonyl (C=O) groups excluding carboxylic acids is 5. The lowest BCUT2D eigenvalue weighted by molar-refractivity contribution is -0.156. The summed E-state index contributed by atoms with van der Waals surface area (Å²) in [6, 6.07) is 4.59. The van der Waals surface area contributed by atoms with Crippen molar-refractivity contribution in [1.29, 1.82) is 0 Å². The molecule has 5 heterocycles. The van der Waals surface area contributed by atoms with Crippen molar-refractivity contribution in [1.82, 2.24) is 24.7 Å². The van der Waals surface area contributed by atoms with E-state index in [9.17, 15) is 42.1 Å².